The van der Waals surface area contributed by atoms with Crippen LogP contribution >= 0.6 is 0 Å². The molecule has 4 aromatic rings. The van der Waals surface area contributed by atoms with Crippen LogP contribution in [-0.4, -0.2) is 24.6 Å². The summed E-state index contributed by atoms with van der Waals surface area (Å²) in [7, 11) is 0. The molecule has 0 radical (unpaired) electrons. The summed E-state index contributed by atoms with van der Waals surface area (Å²) in [6.45, 7) is 0.0744. The molecule has 0 aliphatic heterocycles. The molecule has 1 heterocycles. The number of anilines is 1. The van der Waals surface area contributed by atoms with E-state index in [-0.39, 0.29) is 12.5 Å². The van der Waals surface area contributed by atoms with Gasteiger partial charge in [0.05, 0.1) is 19.0 Å². The van der Waals surface area contributed by atoms with Crippen LogP contribution in [0.2, 0.25) is 0 Å². The minimum atomic E-state index is -0.534. The first-order valence-corrected chi connectivity index (χ1v) is 10.2. The Bertz CT molecular complexity index is 1300. The molecule has 0 spiro atoms. The largest absolute Gasteiger partial charge is 0.465 e. The number of hydrogen-bond donors (Lipinski definition) is 2. The Balaban J connectivity index is 1.28. The molecule has 1 aromatic heterocycles. The Kier molecular flexibility index (Phi) is 6.92. The smallest absolute Gasteiger partial charge is 0.336 e. The zero-order valence-corrected chi connectivity index (χ0v) is 17.6. The highest BCUT2D eigenvalue weighted by atomic mass is 16.5. The van der Waals surface area contributed by atoms with Gasteiger partial charge in [0.15, 0.2) is 0 Å². The third kappa shape index (κ3) is 6.18. The Labute approximate surface area is 190 Å². The Morgan fingerprint density at radius 2 is 1.82 bits per heavy atom. The van der Waals surface area contributed by atoms with Crippen molar-refractivity contribution in [1.29, 1.82) is 0 Å². The first-order chi connectivity index (χ1) is 16.2. The number of rotatable bonds is 8. The fourth-order valence-electron chi connectivity index (χ4n) is 3.12. The summed E-state index contributed by atoms with van der Waals surface area (Å²) in [5.41, 5.74) is 4.03. The van der Waals surface area contributed by atoms with Crippen LogP contribution in [0, 0.1) is 0 Å². The van der Waals surface area contributed by atoms with Crippen molar-refractivity contribution in [2.45, 2.75) is 0 Å². The van der Waals surface area contributed by atoms with E-state index in [9.17, 15) is 9.59 Å². The summed E-state index contributed by atoms with van der Waals surface area (Å²) in [6, 6.07) is 24.1. The minimum absolute atomic E-state index is 0.0744. The summed E-state index contributed by atoms with van der Waals surface area (Å²) in [5, 5.41) is 9.25. The molecule has 7 heteroatoms. The molecule has 0 bridgehead atoms. The molecule has 164 valence electrons. The maximum Gasteiger partial charge on any atom is 0.336 e. The van der Waals surface area contributed by atoms with Crippen molar-refractivity contribution in [3.05, 3.63) is 103 Å². The number of hydrazone groups is 1. The molecule has 33 heavy (non-hydrogen) atoms. The highest BCUT2D eigenvalue weighted by Crippen LogP contribution is 2.22. The predicted octanol–water partition coefficient (Wildman–Crippen LogP) is 4.61. The summed E-state index contributed by atoms with van der Waals surface area (Å²) < 4.78 is 10.4. The van der Waals surface area contributed by atoms with Crippen LogP contribution in [0.5, 0.6) is 5.75 Å². The molecule has 0 unspecified atom stereocenters. The van der Waals surface area contributed by atoms with Crippen molar-refractivity contribution in [3.63, 3.8) is 0 Å². The van der Waals surface area contributed by atoms with E-state index in [4.69, 9.17) is 9.15 Å². The molecule has 7 nitrogen and oxygen atoms in total. The number of nitrogens with zero attached hydrogens (tertiary/aromatic N) is 1. The van der Waals surface area contributed by atoms with Crippen molar-refractivity contribution < 1.29 is 18.7 Å². The van der Waals surface area contributed by atoms with Crippen LogP contribution in [-0.2, 0) is 9.59 Å². The molecule has 0 aliphatic carbocycles. The van der Waals surface area contributed by atoms with Crippen molar-refractivity contribution in [1.82, 2.24) is 5.43 Å². The Hall–Kier alpha value is -4.65. The number of carbonyl (C=O) groups excluding carboxylic acids is 2. The van der Waals surface area contributed by atoms with E-state index in [1.165, 1.54) is 24.6 Å². The lowest BCUT2D eigenvalue weighted by molar-refractivity contribution is -0.129. The van der Waals surface area contributed by atoms with Crippen molar-refractivity contribution in [2.75, 3.05) is 11.9 Å². The molecule has 2 N–H and O–H groups in total. The highest BCUT2D eigenvalue weighted by Gasteiger charge is 2.04. The topological polar surface area (TPSA) is 92.9 Å². The van der Waals surface area contributed by atoms with E-state index in [1.807, 2.05) is 42.5 Å². The highest BCUT2D eigenvalue weighted by molar-refractivity contribution is 5.95. The SMILES string of the molecule is O=C(CNc1cccc2ccccc12)N/N=C\c1cccc(OC(=O)/C=C/c2ccco2)c1. The molecule has 0 saturated carbocycles. The third-order valence-corrected chi connectivity index (χ3v) is 4.64. The number of fused-ring (bicyclic) bond motifs is 1. The van der Waals surface area contributed by atoms with Crippen LogP contribution in [0.1, 0.15) is 11.3 Å². The van der Waals surface area contributed by atoms with E-state index in [2.05, 4.69) is 15.8 Å². The average molecular weight is 439 g/mol. The number of ether oxygens (including phenoxy) is 1. The van der Waals surface area contributed by atoms with Gasteiger partial charge in [0.1, 0.15) is 11.5 Å². The fourth-order valence-corrected chi connectivity index (χ4v) is 3.12. The van der Waals surface area contributed by atoms with E-state index in [0.717, 1.165) is 16.5 Å². The number of nitrogens with one attached hydrogen (secondary N) is 2. The van der Waals surface area contributed by atoms with Crippen LogP contribution in [0.25, 0.3) is 16.8 Å². The molecule has 3 aromatic carbocycles. The number of benzene rings is 3. The van der Waals surface area contributed by atoms with Crippen molar-refractivity contribution in [3.8, 4) is 5.75 Å². The number of carbonyl (C=O) groups is 2. The van der Waals surface area contributed by atoms with Gasteiger partial charge in [-0.2, -0.15) is 5.10 Å². The number of amides is 1. The maximum atomic E-state index is 12.2. The molecule has 0 saturated heterocycles. The van der Waals surface area contributed by atoms with Crippen molar-refractivity contribution >= 4 is 40.6 Å². The standard InChI is InChI=1S/C26H21N3O4/c30-25(18-27-24-12-4-8-20-7-1-2-11-23(20)24)29-28-17-19-6-3-9-22(16-19)33-26(31)14-13-21-10-5-15-32-21/h1-17,27H,18H2,(H,29,30)/b14-13+,28-17-. The van der Waals surface area contributed by atoms with Crippen molar-refractivity contribution in [2.24, 2.45) is 5.10 Å². The van der Waals surface area contributed by atoms with Gasteiger partial charge in [-0.1, -0.05) is 48.5 Å². The summed E-state index contributed by atoms with van der Waals surface area (Å²) in [5.74, 6) is 0.0913. The van der Waals surface area contributed by atoms with E-state index >= 15 is 0 Å². The van der Waals surface area contributed by atoms with Crippen LogP contribution in [0.4, 0.5) is 5.69 Å². The summed E-state index contributed by atoms with van der Waals surface area (Å²) >= 11 is 0. The fraction of sp³-hybridized carbons (Fsp3) is 0.0385. The van der Waals surface area contributed by atoms with Crippen LogP contribution < -0.4 is 15.5 Å². The number of furan rings is 1. The summed E-state index contributed by atoms with van der Waals surface area (Å²) in [4.78, 5) is 24.1. The Morgan fingerprint density at radius 1 is 0.970 bits per heavy atom. The number of hydrogen-bond acceptors (Lipinski definition) is 6. The second-order valence-corrected chi connectivity index (χ2v) is 7.02. The lowest BCUT2D eigenvalue weighted by Crippen LogP contribution is -2.25. The van der Waals surface area contributed by atoms with E-state index in [1.54, 1.807) is 36.4 Å². The van der Waals surface area contributed by atoms with Gasteiger partial charge in [0.2, 0.25) is 0 Å². The summed E-state index contributed by atoms with van der Waals surface area (Å²) in [6.07, 6.45) is 5.80. The lowest BCUT2D eigenvalue weighted by Gasteiger charge is -2.08. The predicted molar refractivity (Wildman–Crippen MR) is 128 cm³/mol. The van der Waals surface area contributed by atoms with Gasteiger partial charge in [-0.05, 0) is 47.4 Å². The third-order valence-electron chi connectivity index (χ3n) is 4.64. The monoisotopic (exact) mass is 439 g/mol. The zero-order valence-electron chi connectivity index (χ0n) is 17.6. The minimum Gasteiger partial charge on any atom is -0.465 e. The second-order valence-electron chi connectivity index (χ2n) is 7.02. The molecule has 1 amide bonds. The van der Waals surface area contributed by atoms with Gasteiger partial charge in [0, 0.05) is 17.1 Å². The van der Waals surface area contributed by atoms with E-state index in [0.29, 0.717) is 17.1 Å². The Morgan fingerprint density at radius 3 is 2.70 bits per heavy atom. The zero-order chi connectivity index (χ0) is 22.9. The maximum absolute atomic E-state index is 12.2. The normalized spacial score (nSPS) is 11.2. The molecule has 0 fully saturated rings. The molecular formula is C26H21N3O4. The quantitative estimate of drug-likeness (QED) is 0.137. The molecule has 0 atom stereocenters. The number of esters is 1. The van der Waals surface area contributed by atoms with Crippen LogP contribution in [0.15, 0.2) is 101 Å². The molecule has 4 rings (SSSR count). The van der Waals surface area contributed by atoms with Gasteiger partial charge >= 0.3 is 5.97 Å². The van der Waals surface area contributed by atoms with Gasteiger partial charge < -0.3 is 14.5 Å². The first kappa shape index (κ1) is 21.6. The van der Waals surface area contributed by atoms with Crippen LogP contribution in [0.3, 0.4) is 0 Å². The van der Waals surface area contributed by atoms with E-state index < -0.39 is 5.97 Å². The average Bonchev–Trinajstić information content (AvgIpc) is 3.35. The van der Waals surface area contributed by atoms with Gasteiger partial charge in [0.25, 0.3) is 5.91 Å². The lowest BCUT2D eigenvalue weighted by atomic mass is 10.1. The first-order valence-electron chi connectivity index (χ1n) is 10.2. The molecule has 0 aliphatic rings. The second kappa shape index (κ2) is 10.6. The molecular weight excluding hydrogens is 418 g/mol. The van der Waals surface area contributed by atoms with Gasteiger partial charge in [-0.25, -0.2) is 10.2 Å². The van der Waals surface area contributed by atoms with Gasteiger partial charge in [-0.3, -0.25) is 4.79 Å². The van der Waals surface area contributed by atoms with Gasteiger partial charge in [-0.15, -0.1) is 0 Å².